The van der Waals surface area contributed by atoms with Crippen LogP contribution in [-0.4, -0.2) is 20.2 Å². The number of benzene rings is 2. The molecule has 3 aromatic heterocycles. The molecule has 5 aromatic rings. The number of anilines is 1. The summed E-state index contributed by atoms with van der Waals surface area (Å²) in [5, 5.41) is 11.7. The van der Waals surface area contributed by atoms with Gasteiger partial charge in [-0.1, -0.05) is 54.1 Å². The van der Waals surface area contributed by atoms with Crippen LogP contribution in [0.15, 0.2) is 89.8 Å². The number of hydrogen-bond acceptors (Lipinski definition) is 5. The molecule has 158 valence electrons. The van der Waals surface area contributed by atoms with Crippen molar-refractivity contribution in [3.63, 3.8) is 0 Å². The third-order valence-electron chi connectivity index (χ3n) is 5.12. The molecule has 3 heterocycles. The zero-order valence-corrected chi connectivity index (χ0v) is 17.9. The Hall–Kier alpha value is -3.90. The molecule has 5 rings (SSSR count). The average molecular weight is 442 g/mol. The Kier molecular flexibility index (Phi) is 5.68. The molecule has 7 heteroatoms. The van der Waals surface area contributed by atoms with Gasteiger partial charge >= 0.3 is 0 Å². The predicted octanol–water partition coefficient (Wildman–Crippen LogP) is 5.98. The lowest BCUT2D eigenvalue weighted by Gasteiger charge is -2.06. The highest BCUT2D eigenvalue weighted by molar-refractivity contribution is 6.30. The van der Waals surface area contributed by atoms with Gasteiger partial charge in [-0.2, -0.15) is 10.1 Å². The van der Waals surface area contributed by atoms with Gasteiger partial charge in [-0.3, -0.25) is 10.1 Å². The van der Waals surface area contributed by atoms with Crippen molar-refractivity contribution >= 4 is 17.6 Å². The lowest BCUT2D eigenvalue weighted by Crippen LogP contribution is -1.99. The fourth-order valence-electron chi connectivity index (χ4n) is 3.58. The van der Waals surface area contributed by atoms with Crippen LogP contribution in [0, 0.1) is 0 Å². The number of H-pyrrole nitrogens is 1. The molecule has 0 unspecified atom stereocenters. The standard InChI is InChI=1S/C25H20ClN5O/c26-20-8-6-19(7-9-20)24-23(18-10-12-27-13-11-18)22(30-31-24)14-21-16-32-25(29-21)28-15-17-4-2-1-3-5-17/h1-13,16H,14-15H2,(H,28,29)(H,30,31). The van der Waals surface area contributed by atoms with Gasteiger partial charge in [-0.15, -0.1) is 0 Å². The van der Waals surface area contributed by atoms with Crippen LogP contribution in [0.4, 0.5) is 6.01 Å². The number of halogens is 1. The first-order chi connectivity index (χ1) is 15.8. The second kappa shape index (κ2) is 9.08. The predicted molar refractivity (Wildman–Crippen MR) is 125 cm³/mol. The van der Waals surface area contributed by atoms with Crippen molar-refractivity contribution in [1.82, 2.24) is 20.2 Å². The molecule has 0 amide bonds. The molecular formula is C25H20ClN5O. The van der Waals surface area contributed by atoms with Crippen LogP contribution < -0.4 is 5.32 Å². The van der Waals surface area contributed by atoms with Crippen LogP contribution in [0.2, 0.25) is 5.02 Å². The van der Waals surface area contributed by atoms with Crippen LogP contribution in [0.3, 0.4) is 0 Å². The molecule has 0 saturated carbocycles. The van der Waals surface area contributed by atoms with Gasteiger partial charge in [0.15, 0.2) is 0 Å². The second-order valence-electron chi connectivity index (χ2n) is 7.33. The Morgan fingerprint density at radius 2 is 1.69 bits per heavy atom. The van der Waals surface area contributed by atoms with Gasteiger partial charge in [-0.25, -0.2) is 0 Å². The van der Waals surface area contributed by atoms with Gasteiger partial charge in [-0.05, 0) is 35.4 Å². The van der Waals surface area contributed by atoms with Crippen molar-refractivity contribution in [1.29, 1.82) is 0 Å². The largest absolute Gasteiger partial charge is 0.432 e. The summed E-state index contributed by atoms with van der Waals surface area (Å²) in [6.45, 7) is 0.647. The number of hydrogen-bond donors (Lipinski definition) is 2. The number of oxazole rings is 1. The van der Waals surface area contributed by atoms with Crippen LogP contribution in [0.25, 0.3) is 22.4 Å². The van der Waals surface area contributed by atoms with Crippen molar-refractivity contribution < 1.29 is 4.42 Å². The molecule has 0 spiro atoms. The van der Waals surface area contributed by atoms with Crippen LogP contribution >= 0.6 is 11.6 Å². The van der Waals surface area contributed by atoms with E-state index in [4.69, 9.17) is 16.0 Å². The molecule has 0 aliphatic rings. The van der Waals surface area contributed by atoms with Gasteiger partial charge in [0.2, 0.25) is 0 Å². The minimum absolute atomic E-state index is 0.492. The van der Waals surface area contributed by atoms with Crippen LogP contribution in [0.5, 0.6) is 0 Å². The highest BCUT2D eigenvalue weighted by Crippen LogP contribution is 2.34. The van der Waals surface area contributed by atoms with Crippen LogP contribution in [0.1, 0.15) is 17.0 Å². The fourth-order valence-corrected chi connectivity index (χ4v) is 3.70. The third kappa shape index (κ3) is 4.40. The maximum absolute atomic E-state index is 6.07. The van der Waals surface area contributed by atoms with E-state index in [0.29, 0.717) is 24.0 Å². The summed E-state index contributed by atoms with van der Waals surface area (Å²) >= 11 is 6.07. The molecule has 0 atom stereocenters. The first kappa shape index (κ1) is 20.0. The Balaban J connectivity index is 1.41. The SMILES string of the molecule is Clc1ccc(-c2n[nH]c(Cc3coc(NCc4ccccc4)n3)c2-c2ccncc2)cc1. The van der Waals surface area contributed by atoms with Crippen molar-refractivity contribution in [2.24, 2.45) is 0 Å². The molecule has 0 fully saturated rings. The molecule has 2 N–H and O–H groups in total. The highest BCUT2D eigenvalue weighted by atomic mass is 35.5. The molecule has 6 nitrogen and oxygen atoms in total. The molecular weight excluding hydrogens is 422 g/mol. The number of rotatable bonds is 7. The second-order valence-corrected chi connectivity index (χ2v) is 7.76. The summed E-state index contributed by atoms with van der Waals surface area (Å²) < 4.78 is 5.63. The van der Waals surface area contributed by atoms with Crippen molar-refractivity contribution in [2.75, 3.05) is 5.32 Å². The van der Waals surface area contributed by atoms with Crippen LogP contribution in [-0.2, 0) is 13.0 Å². The topological polar surface area (TPSA) is 79.6 Å². The average Bonchev–Trinajstić information content (AvgIpc) is 3.47. The highest BCUT2D eigenvalue weighted by Gasteiger charge is 2.18. The Morgan fingerprint density at radius 1 is 0.906 bits per heavy atom. The maximum Gasteiger partial charge on any atom is 0.295 e. The third-order valence-corrected chi connectivity index (χ3v) is 5.38. The van der Waals surface area contributed by atoms with Gasteiger partial charge < -0.3 is 9.73 Å². The quantitative estimate of drug-likeness (QED) is 0.324. The normalized spacial score (nSPS) is 10.9. The smallest absolute Gasteiger partial charge is 0.295 e. The molecule has 0 radical (unpaired) electrons. The van der Waals surface area contributed by atoms with E-state index in [-0.39, 0.29) is 0 Å². The number of aromatic nitrogens is 4. The monoisotopic (exact) mass is 441 g/mol. The zero-order valence-electron chi connectivity index (χ0n) is 17.1. The first-order valence-electron chi connectivity index (χ1n) is 10.2. The van der Waals surface area contributed by atoms with Crippen molar-refractivity contribution in [3.05, 3.63) is 107 Å². The van der Waals surface area contributed by atoms with E-state index >= 15 is 0 Å². The summed E-state index contributed by atoms with van der Waals surface area (Å²) in [5.74, 6) is 0. The van der Waals surface area contributed by atoms with Gasteiger partial charge in [0, 0.05) is 47.2 Å². The Labute approximate surface area is 190 Å². The number of pyridine rings is 1. The zero-order chi connectivity index (χ0) is 21.8. The lowest BCUT2D eigenvalue weighted by molar-refractivity contribution is 0.569. The van der Waals surface area contributed by atoms with E-state index in [1.807, 2.05) is 54.6 Å². The Morgan fingerprint density at radius 3 is 2.47 bits per heavy atom. The molecule has 0 bridgehead atoms. The van der Waals surface area contributed by atoms with E-state index in [2.05, 4.69) is 37.6 Å². The number of aromatic amines is 1. The lowest BCUT2D eigenvalue weighted by atomic mass is 9.98. The number of nitrogens with one attached hydrogen (secondary N) is 2. The van der Waals surface area contributed by atoms with Crippen molar-refractivity contribution in [2.45, 2.75) is 13.0 Å². The first-order valence-corrected chi connectivity index (χ1v) is 10.6. The van der Waals surface area contributed by atoms with E-state index in [9.17, 15) is 0 Å². The molecule has 0 aliphatic carbocycles. The summed E-state index contributed by atoms with van der Waals surface area (Å²) in [6.07, 6.45) is 5.78. The molecule has 2 aromatic carbocycles. The van der Waals surface area contributed by atoms with Gasteiger partial charge in [0.25, 0.3) is 6.01 Å². The fraction of sp³-hybridized carbons (Fsp3) is 0.0800. The maximum atomic E-state index is 6.07. The summed E-state index contributed by atoms with van der Waals surface area (Å²) in [6, 6.07) is 22.2. The van der Waals surface area contributed by atoms with Gasteiger partial charge in [0.1, 0.15) is 12.0 Å². The van der Waals surface area contributed by atoms with E-state index < -0.39 is 0 Å². The molecule has 0 saturated heterocycles. The minimum atomic E-state index is 0.492. The van der Waals surface area contributed by atoms with E-state index in [1.165, 1.54) is 0 Å². The summed E-state index contributed by atoms with van der Waals surface area (Å²) in [5.41, 5.74) is 6.79. The van der Waals surface area contributed by atoms with E-state index in [1.54, 1.807) is 18.7 Å². The summed E-state index contributed by atoms with van der Waals surface area (Å²) in [7, 11) is 0. The van der Waals surface area contributed by atoms with Crippen molar-refractivity contribution in [3.8, 4) is 22.4 Å². The summed E-state index contributed by atoms with van der Waals surface area (Å²) in [4.78, 5) is 8.74. The number of nitrogens with zero attached hydrogens (tertiary/aromatic N) is 3. The minimum Gasteiger partial charge on any atom is -0.432 e. The Bertz CT molecular complexity index is 1300. The molecule has 32 heavy (non-hydrogen) atoms. The van der Waals surface area contributed by atoms with E-state index in [0.717, 1.165) is 39.3 Å². The van der Waals surface area contributed by atoms with Gasteiger partial charge in [0.05, 0.1) is 5.69 Å². The molecule has 0 aliphatic heterocycles.